The molecule has 20 aromatic carbocycles. The van der Waals surface area contributed by atoms with E-state index in [1.807, 2.05) is 36.4 Å². The Bertz CT molecular complexity index is 7790. The van der Waals surface area contributed by atoms with Crippen molar-refractivity contribution in [1.82, 2.24) is 37.8 Å². The Morgan fingerprint density at radius 3 is 0.769 bits per heavy atom. The Morgan fingerprint density at radius 1 is 0.224 bits per heavy atom. The number of rotatable bonds is 15. The minimum absolute atomic E-state index is 0. The zero-order valence-corrected chi connectivity index (χ0v) is 79.6. The molecule has 0 saturated carbocycles. The maximum Gasteiger partial charge on any atom is 0.145 e. The van der Waals surface area contributed by atoms with E-state index in [0.717, 1.165) is 118 Å². The first-order chi connectivity index (χ1) is 66.4. The molecular formula is C119H88BBiN11P2. The average molecular weight is 1960 g/mol. The van der Waals surface area contributed by atoms with E-state index in [1.165, 1.54) is 87.7 Å². The van der Waals surface area contributed by atoms with Gasteiger partial charge in [0.2, 0.25) is 0 Å². The number of para-hydroxylation sites is 15. The van der Waals surface area contributed by atoms with Crippen LogP contribution in [0.1, 0.15) is 0 Å². The molecule has 0 aliphatic heterocycles. The van der Waals surface area contributed by atoms with Crippen molar-refractivity contribution in [2.24, 2.45) is 4.66 Å². The minimum atomic E-state index is 0. The van der Waals surface area contributed by atoms with E-state index < -0.39 is 0 Å². The second kappa shape index (κ2) is 38.6. The van der Waals surface area contributed by atoms with E-state index in [0.29, 0.717) is 0 Å². The van der Waals surface area contributed by atoms with Gasteiger partial charge < -0.3 is 23.6 Å². The summed E-state index contributed by atoms with van der Waals surface area (Å²) in [6.07, 6.45) is 0. The summed E-state index contributed by atoms with van der Waals surface area (Å²) < 4.78 is 20.0. The summed E-state index contributed by atoms with van der Waals surface area (Å²) in [5.41, 5.74) is 28.3. The molecule has 0 saturated heterocycles. The van der Waals surface area contributed by atoms with Gasteiger partial charge in [0.25, 0.3) is 7.98 Å². The summed E-state index contributed by atoms with van der Waals surface area (Å²) in [4.78, 5) is 20.5. The fourth-order valence-corrected chi connectivity index (χ4v) is 18.8. The third-order valence-corrected chi connectivity index (χ3v) is 24.6. The van der Waals surface area contributed by atoms with Crippen LogP contribution in [0.5, 0.6) is 0 Å². The van der Waals surface area contributed by atoms with E-state index in [-0.39, 0.29) is 26.2 Å². The zero-order chi connectivity index (χ0) is 90.2. The first-order valence-electron chi connectivity index (χ1n) is 44.8. The number of aromatic nitrogens is 8. The van der Waals surface area contributed by atoms with E-state index in [1.54, 1.807) is 9.84 Å². The zero-order valence-electron chi connectivity index (χ0n) is 74.0. The van der Waals surface area contributed by atoms with Gasteiger partial charge in [-0.2, -0.15) is 9.84 Å². The molecule has 134 heavy (non-hydrogen) atoms. The van der Waals surface area contributed by atoms with Crippen LogP contribution in [0.2, 0.25) is 0 Å². The van der Waals surface area contributed by atoms with Gasteiger partial charge in [-0.15, -0.1) is 0 Å². The van der Waals surface area contributed by atoms with Gasteiger partial charge in [-0.25, -0.2) is 15.0 Å². The Kier molecular flexibility index (Phi) is 24.4. The Labute approximate surface area is 803 Å². The van der Waals surface area contributed by atoms with E-state index in [2.05, 4.69) is 515 Å². The number of anilines is 6. The molecule has 0 N–H and O–H groups in total. The molecule has 15 heteroatoms. The first-order valence-corrected chi connectivity index (χ1v) is 44.7. The maximum absolute atomic E-state index is 5.67. The van der Waals surface area contributed by atoms with Crippen LogP contribution in [0.25, 0.3) is 172 Å². The third-order valence-electron chi connectivity index (χ3n) is 24.6. The van der Waals surface area contributed by atoms with Crippen LogP contribution in [-0.2, 0) is 0 Å². The van der Waals surface area contributed by atoms with Gasteiger partial charge in [0.15, 0.2) is 0 Å². The van der Waals surface area contributed by atoms with Crippen molar-refractivity contribution in [1.29, 1.82) is 1.28 Å². The van der Waals surface area contributed by atoms with Crippen molar-refractivity contribution >= 4 is 185 Å². The number of benzene rings is 20. The number of hydrogen-bond acceptors (Lipinski definition) is 6. The normalized spacial score (nSPS) is 11.1. The standard InChI is InChI=1S/C45H30N6.C44H32N2.C30H20N2.BHNP.Bi.H3P.2H/c1-4-16-34(17-5-1)49-40-25-13-10-22-37(40)46-43(49)31-28-32(44-47-38-23-11-14-26-41(38)50(44)35-18-6-2-7-19-35)30-33(29-31)45-48-39-24-12-15-27-42(39)51(45)36-20-8-3-9-21-36;1-3-17-37(18-4-1)45(43-23-11-15-35-13-7-9-21-41(35)43)39-29-25-33(26-30-39)34-27-31-40(32-28-34)46(38-19-5-2-6-20-38)44-24-12-16-36-14-8-10-22-42(36)44;1-5-16-27-23(12-1)24-13-2-6-17-28(24)31(27)21-10-9-11-22(20-21)32-29-18-7-3-14-25(29)26-15-4-8-19-30(26)32;1-2-3;;;;/h1-30H;1-32H;1-20H;3H;;1H3;;/i;;;;;1T;;. The fourth-order valence-electron chi connectivity index (χ4n) is 18.8. The number of nitrogens with zero attached hydrogens (tertiary/aromatic N) is 11. The topological polar surface area (TPSA) is 82.2 Å². The van der Waals surface area contributed by atoms with Crippen LogP contribution < -0.4 is 9.80 Å². The second-order valence-electron chi connectivity index (χ2n) is 32.4. The molecule has 25 aromatic rings. The van der Waals surface area contributed by atoms with E-state index in [4.69, 9.17) is 16.2 Å². The molecule has 5 heterocycles. The van der Waals surface area contributed by atoms with Gasteiger partial charge in [-0.05, 0) is 225 Å². The van der Waals surface area contributed by atoms with E-state index >= 15 is 0 Å². The van der Waals surface area contributed by atoms with Crippen molar-refractivity contribution < 1.29 is 0 Å². The summed E-state index contributed by atoms with van der Waals surface area (Å²) in [5.74, 6) is 2.53. The Balaban J connectivity index is 0.000000125. The predicted octanol–water partition coefficient (Wildman–Crippen LogP) is 30.7. The van der Waals surface area contributed by atoms with Crippen LogP contribution in [0.15, 0.2) is 502 Å². The first kappa shape index (κ1) is 84.8. The average Bonchev–Trinajstić information content (AvgIpc) is 1.59. The number of hydrogen-bond donors (Lipinski definition) is 0. The molecule has 25 rings (SSSR count). The van der Waals surface area contributed by atoms with Gasteiger partial charge in [-0.1, -0.05) is 303 Å². The molecule has 0 spiro atoms. The van der Waals surface area contributed by atoms with Crippen LogP contribution >= 0.6 is 18.9 Å². The van der Waals surface area contributed by atoms with E-state index in [9.17, 15) is 0 Å². The van der Waals surface area contributed by atoms with Crippen LogP contribution in [0.4, 0.5) is 34.1 Å². The second-order valence-corrected chi connectivity index (χ2v) is 32.7. The molecule has 1 unspecified atom stereocenters. The molecule has 0 bridgehead atoms. The Morgan fingerprint density at radius 2 is 0.455 bits per heavy atom. The molecule has 0 aliphatic rings. The Hall–Kier alpha value is -16.0. The van der Waals surface area contributed by atoms with Crippen molar-refractivity contribution in [3.8, 4) is 73.7 Å². The largest absolute Gasteiger partial charge is 0.310 e. The molecule has 0 fully saturated rings. The monoisotopic (exact) mass is 1950 g/mol. The molecule has 0 aliphatic carbocycles. The molecule has 3 radical (unpaired) electrons. The maximum atomic E-state index is 5.67. The summed E-state index contributed by atoms with van der Waals surface area (Å²) in [6, 6.07) is 176. The molecule has 5 aromatic heterocycles. The number of imidazole rings is 3. The predicted molar refractivity (Wildman–Crippen MR) is 574 cm³/mol. The van der Waals surface area contributed by atoms with Gasteiger partial charge in [0.1, 0.15) is 17.5 Å². The minimum Gasteiger partial charge on any atom is -0.310 e. The SMILES string of the molecule is [3H]P.[B]N=P.[BiH2].c1cc(-n2c3ccccc3c3ccccc32)cc(-n2c3ccccc3c3ccccc32)c1.c1ccc(-n2c(-c3cc(-c4nc5ccccc5n4-c4ccccc4)cc(-c4nc5ccccc5n4-c4ccccc4)c3)nc3ccccc32)cc1.c1ccc(N(c2ccc(-c3ccc(N(c4ccccc4)c4cccc5ccccc45)cc3)cc2)c2cccc3ccccc23)cc1. The van der Waals surface area contributed by atoms with Crippen molar-refractivity contribution in [2.45, 2.75) is 0 Å². The summed E-state index contributed by atoms with van der Waals surface area (Å²) in [7, 11) is 8.64. The quantitative estimate of drug-likeness (QED) is 0.0754. The molecular weight excluding hydrogens is 1870 g/mol. The van der Waals surface area contributed by atoms with Gasteiger partial charge in [0.05, 0.1) is 67.8 Å². The van der Waals surface area contributed by atoms with Crippen molar-refractivity contribution in [3.63, 3.8) is 0 Å². The van der Waals surface area contributed by atoms with Crippen LogP contribution in [0, 0.1) is 0 Å². The van der Waals surface area contributed by atoms with Gasteiger partial charge in [-0.3, -0.25) is 13.7 Å². The third kappa shape index (κ3) is 16.5. The van der Waals surface area contributed by atoms with Crippen LogP contribution in [-0.4, -0.2) is 73.3 Å². The fraction of sp³-hybridized carbons (Fsp3) is 0. The summed E-state index contributed by atoms with van der Waals surface area (Å²) >= 11 is 0. The smallest absolute Gasteiger partial charge is 0.145 e. The van der Waals surface area contributed by atoms with Gasteiger partial charge in [0, 0.05) is 100 Å². The van der Waals surface area contributed by atoms with Gasteiger partial charge >= 0.3 is 26.2 Å². The number of fused-ring (bicyclic) bond motifs is 11. The molecule has 11 nitrogen and oxygen atoms in total. The molecule has 1 atom stereocenters. The molecule has 0 amide bonds. The van der Waals surface area contributed by atoms with Crippen LogP contribution in [0.3, 0.4) is 0 Å². The summed E-state index contributed by atoms with van der Waals surface area (Å²) in [5, 5.41) is 10.0. The van der Waals surface area contributed by atoms with Crippen molar-refractivity contribution in [2.75, 3.05) is 9.80 Å². The van der Waals surface area contributed by atoms with Crippen molar-refractivity contribution in [3.05, 3.63) is 497 Å². The summed E-state index contributed by atoms with van der Waals surface area (Å²) in [6.45, 7) is 0. The molecule has 637 valence electrons.